The fourth-order valence-electron chi connectivity index (χ4n) is 2.48. The zero-order valence-electron chi connectivity index (χ0n) is 15.4. The number of nitrogens with zero attached hydrogens (tertiary/aromatic N) is 2. The number of ether oxygens (including phenoxy) is 2. The van der Waals surface area contributed by atoms with E-state index in [0.717, 1.165) is 22.7 Å². The van der Waals surface area contributed by atoms with E-state index in [-0.39, 0.29) is 0 Å². The lowest BCUT2D eigenvalue weighted by atomic mass is 10.2. The van der Waals surface area contributed by atoms with Crippen LogP contribution in [-0.4, -0.2) is 18.1 Å². The van der Waals surface area contributed by atoms with E-state index in [0.29, 0.717) is 29.9 Å². The molecule has 1 aromatic heterocycles. The molecule has 0 aliphatic rings. The Morgan fingerprint density at radius 1 is 1.14 bits per heavy atom. The summed E-state index contributed by atoms with van der Waals surface area (Å²) in [5, 5.41) is 3.51. The number of pyridine rings is 1. The predicted molar refractivity (Wildman–Crippen MR) is 112 cm³/mol. The zero-order valence-corrected chi connectivity index (χ0v) is 16.2. The van der Waals surface area contributed by atoms with Crippen molar-refractivity contribution < 1.29 is 9.47 Å². The number of nitrogens with one attached hydrogen (secondary N) is 1. The van der Waals surface area contributed by atoms with Crippen molar-refractivity contribution in [1.82, 2.24) is 4.98 Å². The quantitative estimate of drug-likeness (QED) is 0.461. The van der Waals surface area contributed by atoms with Gasteiger partial charge in [0.2, 0.25) is 0 Å². The van der Waals surface area contributed by atoms with E-state index in [1.807, 2.05) is 48.5 Å². The number of halogens is 1. The molecular weight excluding hydrogens is 376 g/mol. The first-order chi connectivity index (χ1) is 13.6. The second kappa shape index (κ2) is 9.62. The molecule has 0 saturated carbocycles. The molecule has 0 fully saturated rings. The van der Waals surface area contributed by atoms with Crippen molar-refractivity contribution in [3.05, 3.63) is 83.1 Å². The molecule has 0 radical (unpaired) electrons. The molecule has 144 valence electrons. The van der Waals surface area contributed by atoms with E-state index < -0.39 is 0 Å². The zero-order chi connectivity index (χ0) is 19.8. The summed E-state index contributed by atoms with van der Waals surface area (Å²) in [6.07, 6.45) is 1.75. The molecule has 0 saturated heterocycles. The van der Waals surface area contributed by atoms with E-state index in [4.69, 9.17) is 26.8 Å². The van der Waals surface area contributed by atoms with Crippen LogP contribution in [0, 0.1) is 0 Å². The highest BCUT2D eigenvalue weighted by Gasteiger charge is 2.03. The van der Waals surface area contributed by atoms with Gasteiger partial charge in [-0.1, -0.05) is 29.8 Å². The third-order valence-corrected chi connectivity index (χ3v) is 4.16. The summed E-state index contributed by atoms with van der Waals surface area (Å²) in [5.41, 5.74) is 8.56. The van der Waals surface area contributed by atoms with Crippen LogP contribution in [0.5, 0.6) is 11.5 Å². The van der Waals surface area contributed by atoms with Crippen molar-refractivity contribution in [3.8, 4) is 11.5 Å². The second-order valence-corrected chi connectivity index (χ2v) is 6.34. The van der Waals surface area contributed by atoms with Crippen LogP contribution < -0.4 is 20.5 Å². The summed E-state index contributed by atoms with van der Waals surface area (Å²) < 4.78 is 10.9. The van der Waals surface area contributed by atoms with E-state index in [1.54, 1.807) is 25.4 Å². The van der Waals surface area contributed by atoms with Crippen molar-refractivity contribution in [2.24, 2.45) is 10.7 Å². The number of hydrogen-bond donors (Lipinski definition) is 2. The number of rotatable bonds is 7. The maximum absolute atomic E-state index is 6.11. The maximum Gasteiger partial charge on any atom is 0.193 e. The number of methoxy groups -OCH3 is 1. The largest absolute Gasteiger partial charge is 0.495 e. The van der Waals surface area contributed by atoms with Crippen molar-refractivity contribution in [2.75, 3.05) is 12.4 Å². The third-order valence-electron chi connectivity index (χ3n) is 3.87. The summed E-state index contributed by atoms with van der Waals surface area (Å²) in [5.74, 6) is 1.65. The smallest absolute Gasteiger partial charge is 0.193 e. The summed E-state index contributed by atoms with van der Waals surface area (Å²) in [7, 11) is 1.57. The fourth-order valence-corrected chi connectivity index (χ4v) is 2.74. The molecule has 6 nitrogen and oxygen atoms in total. The van der Waals surface area contributed by atoms with Crippen LogP contribution >= 0.6 is 11.6 Å². The van der Waals surface area contributed by atoms with Crippen LogP contribution in [0.4, 0.5) is 5.69 Å². The van der Waals surface area contributed by atoms with Gasteiger partial charge in [0.15, 0.2) is 5.96 Å². The lowest BCUT2D eigenvalue weighted by Gasteiger charge is -2.09. The van der Waals surface area contributed by atoms with Crippen LogP contribution in [0.25, 0.3) is 0 Å². The lowest BCUT2D eigenvalue weighted by molar-refractivity contribution is 0.301. The molecule has 0 spiro atoms. The Labute approximate surface area is 169 Å². The maximum atomic E-state index is 6.11. The molecule has 28 heavy (non-hydrogen) atoms. The number of aliphatic imine (C=N–C) groups is 1. The number of anilines is 1. The molecular formula is C21H21ClN4O2. The van der Waals surface area contributed by atoms with E-state index >= 15 is 0 Å². The normalized spacial score (nSPS) is 11.1. The Balaban J connectivity index is 1.58. The summed E-state index contributed by atoms with van der Waals surface area (Å²) >= 11 is 6.11. The molecule has 2 aromatic carbocycles. The first-order valence-corrected chi connectivity index (χ1v) is 9.04. The van der Waals surface area contributed by atoms with Crippen molar-refractivity contribution in [3.63, 3.8) is 0 Å². The minimum absolute atomic E-state index is 0.293. The Morgan fingerprint density at radius 3 is 2.79 bits per heavy atom. The van der Waals surface area contributed by atoms with Crippen molar-refractivity contribution in [1.29, 1.82) is 0 Å². The third kappa shape index (κ3) is 5.62. The van der Waals surface area contributed by atoms with Crippen LogP contribution in [0.15, 0.2) is 71.9 Å². The molecule has 0 amide bonds. The first kappa shape index (κ1) is 19.5. The number of benzene rings is 2. The Hall–Kier alpha value is -3.25. The van der Waals surface area contributed by atoms with Crippen molar-refractivity contribution in [2.45, 2.75) is 13.2 Å². The average Bonchev–Trinajstić information content (AvgIpc) is 2.72. The number of aromatic nitrogens is 1. The molecule has 3 N–H and O–H groups in total. The summed E-state index contributed by atoms with van der Waals surface area (Å²) in [6, 6.07) is 18.8. The topological polar surface area (TPSA) is 81.8 Å². The van der Waals surface area contributed by atoms with Crippen LogP contribution in [0.1, 0.15) is 11.3 Å². The standard InChI is InChI=1S/C21H21ClN4O2/c1-27-20-9-8-16(12-19(20)22)26-21(23)25-13-15-5-4-7-18(11-15)28-14-17-6-2-3-10-24-17/h2-12H,13-14H2,1H3,(H3,23,25,26). The SMILES string of the molecule is COc1ccc(NC(N)=NCc2cccc(OCc3ccccn3)c2)cc1Cl. The van der Waals surface area contributed by atoms with Gasteiger partial charge in [0.05, 0.1) is 24.4 Å². The molecule has 0 bridgehead atoms. The van der Waals surface area contributed by atoms with Crippen LogP contribution in [0.3, 0.4) is 0 Å². The highest BCUT2D eigenvalue weighted by atomic mass is 35.5. The van der Waals surface area contributed by atoms with E-state index in [9.17, 15) is 0 Å². The minimum Gasteiger partial charge on any atom is -0.495 e. The molecule has 0 unspecified atom stereocenters. The summed E-state index contributed by atoms with van der Waals surface area (Å²) in [4.78, 5) is 8.61. The van der Waals surface area contributed by atoms with Gasteiger partial charge in [-0.25, -0.2) is 4.99 Å². The fraction of sp³-hybridized carbons (Fsp3) is 0.143. The minimum atomic E-state index is 0.293. The van der Waals surface area contributed by atoms with Gasteiger partial charge in [0.1, 0.15) is 18.1 Å². The highest BCUT2D eigenvalue weighted by molar-refractivity contribution is 6.32. The number of nitrogens with two attached hydrogens (primary N) is 1. The van der Waals surface area contributed by atoms with Gasteiger partial charge in [-0.3, -0.25) is 4.98 Å². The molecule has 7 heteroatoms. The molecule has 3 aromatic rings. The van der Waals surface area contributed by atoms with Gasteiger partial charge in [0, 0.05) is 11.9 Å². The van der Waals surface area contributed by atoms with Crippen molar-refractivity contribution >= 4 is 23.2 Å². The molecule has 3 rings (SSSR count). The van der Waals surface area contributed by atoms with Crippen LogP contribution in [-0.2, 0) is 13.2 Å². The molecule has 0 atom stereocenters. The lowest BCUT2D eigenvalue weighted by Crippen LogP contribution is -2.22. The molecule has 0 aliphatic carbocycles. The number of hydrogen-bond acceptors (Lipinski definition) is 4. The predicted octanol–water partition coefficient (Wildman–Crippen LogP) is 4.25. The monoisotopic (exact) mass is 396 g/mol. The Bertz CT molecular complexity index is 948. The van der Waals surface area contributed by atoms with Gasteiger partial charge in [-0.05, 0) is 48.0 Å². The summed E-state index contributed by atoms with van der Waals surface area (Å²) in [6.45, 7) is 0.832. The average molecular weight is 397 g/mol. The van der Waals surface area contributed by atoms with Gasteiger partial charge in [-0.2, -0.15) is 0 Å². The number of guanidine groups is 1. The molecule has 0 aliphatic heterocycles. The first-order valence-electron chi connectivity index (χ1n) is 8.66. The van der Waals surface area contributed by atoms with Crippen LogP contribution in [0.2, 0.25) is 5.02 Å². The van der Waals surface area contributed by atoms with Gasteiger partial charge >= 0.3 is 0 Å². The Kier molecular flexibility index (Phi) is 6.70. The van der Waals surface area contributed by atoms with E-state index in [2.05, 4.69) is 15.3 Å². The highest BCUT2D eigenvalue weighted by Crippen LogP contribution is 2.27. The second-order valence-electron chi connectivity index (χ2n) is 5.93. The van der Waals surface area contributed by atoms with E-state index in [1.165, 1.54) is 0 Å². The van der Waals surface area contributed by atoms with Gasteiger partial charge in [0.25, 0.3) is 0 Å². The van der Waals surface area contributed by atoms with Gasteiger partial charge in [-0.15, -0.1) is 0 Å². The molecule has 1 heterocycles. The van der Waals surface area contributed by atoms with Gasteiger partial charge < -0.3 is 20.5 Å². The Morgan fingerprint density at radius 2 is 2.04 bits per heavy atom.